The van der Waals surface area contributed by atoms with Gasteiger partial charge < -0.3 is 14.2 Å². The SMILES string of the molecule is COCCn1ccnc1[C@@H]1CCCN(C(=O)CCc2ccc(F)cc2F)C1. The van der Waals surface area contributed by atoms with E-state index in [2.05, 4.69) is 9.55 Å². The van der Waals surface area contributed by atoms with Crippen molar-refractivity contribution in [3.63, 3.8) is 0 Å². The molecule has 1 aromatic heterocycles. The Morgan fingerprint density at radius 3 is 3.00 bits per heavy atom. The van der Waals surface area contributed by atoms with Crippen molar-refractivity contribution in [2.75, 3.05) is 26.8 Å². The highest BCUT2D eigenvalue weighted by atomic mass is 19.1. The van der Waals surface area contributed by atoms with Gasteiger partial charge in [-0.1, -0.05) is 6.07 Å². The second kappa shape index (κ2) is 9.08. The second-order valence-electron chi connectivity index (χ2n) is 6.89. The van der Waals surface area contributed by atoms with Crippen molar-refractivity contribution in [1.29, 1.82) is 0 Å². The number of likely N-dealkylation sites (tertiary alicyclic amines) is 1. The molecule has 1 fully saturated rings. The number of carbonyl (C=O) groups is 1. The summed E-state index contributed by atoms with van der Waals surface area (Å²) in [5.74, 6) is -0.0328. The number of ether oxygens (including phenoxy) is 1. The third kappa shape index (κ3) is 4.91. The van der Waals surface area contributed by atoms with Crippen LogP contribution in [0.5, 0.6) is 0 Å². The molecule has 27 heavy (non-hydrogen) atoms. The maximum absolute atomic E-state index is 13.8. The maximum Gasteiger partial charge on any atom is 0.222 e. The molecule has 0 aliphatic carbocycles. The van der Waals surface area contributed by atoms with E-state index in [4.69, 9.17) is 4.74 Å². The van der Waals surface area contributed by atoms with Gasteiger partial charge in [-0.15, -0.1) is 0 Å². The van der Waals surface area contributed by atoms with Crippen LogP contribution in [-0.4, -0.2) is 47.2 Å². The highest BCUT2D eigenvalue weighted by molar-refractivity contribution is 5.76. The van der Waals surface area contributed by atoms with Gasteiger partial charge in [0.05, 0.1) is 6.61 Å². The van der Waals surface area contributed by atoms with Crippen LogP contribution >= 0.6 is 0 Å². The Bertz CT molecular complexity index is 778. The molecule has 0 N–H and O–H groups in total. The molecule has 0 radical (unpaired) electrons. The zero-order valence-electron chi connectivity index (χ0n) is 15.5. The number of rotatable bonds is 7. The molecular weight excluding hydrogens is 352 g/mol. The quantitative estimate of drug-likeness (QED) is 0.745. The number of benzene rings is 1. The first-order valence-corrected chi connectivity index (χ1v) is 9.30. The number of amides is 1. The first-order valence-electron chi connectivity index (χ1n) is 9.30. The van der Waals surface area contributed by atoms with Crippen LogP contribution in [0.25, 0.3) is 0 Å². The van der Waals surface area contributed by atoms with Gasteiger partial charge in [0.15, 0.2) is 0 Å². The number of hydrogen-bond donors (Lipinski definition) is 0. The average molecular weight is 377 g/mol. The van der Waals surface area contributed by atoms with E-state index in [1.807, 2.05) is 11.1 Å². The zero-order valence-corrected chi connectivity index (χ0v) is 15.5. The predicted octanol–water partition coefficient (Wildman–Crippen LogP) is 3.15. The van der Waals surface area contributed by atoms with Crippen LogP contribution < -0.4 is 0 Å². The fourth-order valence-electron chi connectivity index (χ4n) is 3.60. The molecule has 0 bridgehead atoms. The summed E-state index contributed by atoms with van der Waals surface area (Å²) in [5, 5.41) is 0. The summed E-state index contributed by atoms with van der Waals surface area (Å²) in [5.41, 5.74) is 0.369. The summed E-state index contributed by atoms with van der Waals surface area (Å²) in [6.45, 7) is 2.68. The monoisotopic (exact) mass is 377 g/mol. The minimum absolute atomic E-state index is 0.00146. The van der Waals surface area contributed by atoms with Gasteiger partial charge in [0.1, 0.15) is 17.5 Å². The van der Waals surface area contributed by atoms with Gasteiger partial charge in [0.2, 0.25) is 5.91 Å². The van der Waals surface area contributed by atoms with Crippen molar-refractivity contribution in [1.82, 2.24) is 14.5 Å². The largest absolute Gasteiger partial charge is 0.383 e. The van der Waals surface area contributed by atoms with Crippen LogP contribution in [0.4, 0.5) is 8.78 Å². The Kier molecular flexibility index (Phi) is 6.55. The molecule has 0 saturated carbocycles. The normalized spacial score (nSPS) is 17.3. The van der Waals surface area contributed by atoms with E-state index in [9.17, 15) is 13.6 Å². The van der Waals surface area contributed by atoms with Crippen molar-refractivity contribution in [2.24, 2.45) is 0 Å². The van der Waals surface area contributed by atoms with Crippen LogP contribution in [0.15, 0.2) is 30.6 Å². The van der Waals surface area contributed by atoms with Gasteiger partial charge in [-0.05, 0) is 30.9 Å². The van der Waals surface area contributed by atoms with Crippen molar-refractivity contribution < 1.29 is 18.3 Å². The van der Waals surface area contributed by atoms with E-state index in [0.717, 1.165) is 31.3 Å². The molecule has 146 valence electrons. The second-order valence-corrected chi connectivity index (χ2v) is 6.89. The fraction of sp³-hybridized carbons (Fsp3) is 0.500. The molecular formula is C20H25F2N3O2. The first kappa shape index (κ1) is 19.5. The van der Waals surface area contributed by atoms with Crippen molar-refractivity contribution in [3.8, 4) is 0 Å². The van der Waals surface area contributed by atoms with E-state index in [1.165, 1.54) is 12.1 Å². The highest BCUT2D eigenvalue weighted by Gasteiger charge is 2.27. The number of methoxy groups -OCH3 is 1. The molecule has 3 rings (SSSR count). The number of halogens is 2. The molecule has 1 amide bonds. The summed E-state index contributed by atoms with van der Waals surface area (Å²) in [4.78, 5) is 18.9. The van der Waals surface area contributed by atoms with E-state index < -0.39 is 11.6 Å². The molecule has 1 atom stereocenters. The molecule has 0 spiro atoms. The molecule has 1 aromatic carbocycles. The molecule has 5 nitrogen and oxygen atoms in total. The number of aryl methyl sites for hydroxylation is 1. The van der Waals surface area contributed by atoms with Gasteiger partial charge >= 0.3 is 0 Å². The third-order valence-corrected chi connectivity index (χ3v) is 5.05. The Morgan fingerprint density at radius 2 is 2.22 bits per heavy atom. The molecule has 7 heteroatoms. The minimum Gasteiger partial charge on any atom is -0.383 e. The average Bonchev–Trinajstić information content (AvgIpc) is 3.14. The standard InChI is InChI=1S/C20H25F2N3O2/c1-27-12-11-24-10-8-23-20(24)16-3-2-9-25(14-16)19(26)7-5-15-4-6-17(21)13-18(15)22/h4,6,8,10,13,16H,2-3,5,7,9,11-12,14H2,1H3/t16-/m1/s1. The van der Waals surface area contributed by atoms with Gasteiger partial charge in [0, 0.05) is 57.5 Å². The highest BCUT2D eigenvalue weighted by Crippen LogP contribution is 2.26. The Labute approximate surface area is 158 Å². The van der Waals surface area contributed by atoms with E-state index >= 15 is 0 Å². The number of piperidine rings is 1. The van der Waals surface area contributed by atoms with Crippen molar-refractivity contribution in [2.45, 2.75) is 38.1 Å². The Balaban J connectivity index is 1.59. The number of aromatic nitrogens is 2. The van der Waals surface area contributed by atoms with Crippen LogP contribution in [-0.2, 0) is 22.5 Å². The number of imidazole rings is 1. The smallest absolute Gasteiger partial charge is 0.222 e. The lowest BCUT2D eigenvalue weighted by molar-refractivity contribution is -0.132. The van der Waals surface area contributed by atoms with Crippen molar-refractivity contribution in [3.05, 3.63) is 53.6 Å². The lowest BCUT2D eigenvalue weighted by atomic mass is 9.96. The van der Waals surface area contributed by atoms with Crippen molar-refractivity contribution >= 4 is 5.91 Å². The predicted molar refractivity (Wildman–Crippen MR) is 97.3 cm³/mol. The molecule has 2 aromatic rings. The molecule has 1 saturated heterocycles. The number of carbonyl (C=O) groups excluding carboxylic acids is 1. The molecule has 1 aliphatic heterocycles. The fourth-order valence-corrected chi connectivity index (χ4v) is 3.60. The topological polar surface area (TPSA) is 47.4 Å². The van der Waals surface area contributed by atoms with E-state index in [-0.39, 0.29) is 24.7 Å². The van der Waals surface area contributed by atoms with Gasteiger partial charge in [-0.3, -0.25) is 4.79 Å². The third-order valence-electron chi connectivity index (χ3n) is 5.05. The lowest BCUT2D eigenvalue weighted by Gasteiger charge is -2.33. The summed E-state index contributed by atoms with van der Waals surface area (Å²) in [6, 6.07) is 3.49. The van der Waals surface area contributed by atoms with Gasteiger partial charge in [0.25, 0.3) is 0 Å². The Hall–Kier alpha value is -2.28. The number of hydrogen-bond acceptors (Lipinski definition) is 3. The summed E-state index contributed by atoms with van der Waals surface area (Å²) >= 11 is 0. The van der Waals surface area contributed by atoms with Crippen LogP contribution in [0, 0.1) is 11.6 Å². The minimum atomic E-state index is -0.606. The van der Waals surface area contributed by atoms with Crippen LogP contribution in [0.3, 0.4) is 0 Å². The molecule has 0 unspecified atom stereocenters. The summed E-state index contributed by atoms with van der Waals surface area (Å²) < 4.78 is 34.0. The van der Waals surface area contributed by atoms with Gasteiger partial charge in [-0.2, -0.15) is 0 Å². The number of nitrogens with zero attached hydrogens (tertiary/aromatic N) is 3. The maximum atomic E-state index is 13.8. The van der Waals surface area contributed by atoms with Crippen LogP contribution in [0.1, 0.15) is 36.6 Å². The first-order chi connectivity index (χ1) is 13.1. The summed E-state index contributed by atoms with van der Waals surface area (Å²) in [6.07, 6.45) is 6.11. The van der Waals surface area contributed by atoms with Crippen LogP contribution in [0.2, 0.25) is 0 Å². The van der Waals surface area contributed by atoms with E-state index in [1.54, 1.807) is 13.3 Å². The zero-order chi connectivity index (χ0) is 19.2. The van der Waals surface area contributed by atoms with Gasteiger partial charge in [-0.25, -0.2) is 13.8 Å². The molecule has 1 aliphatic rings. The molecule has 2 heterocycles. The summed E-state index contributed by atoms with van der Waals surface area (Å²) in [7, 11) is 1.67. The lowest BCUT2D eigenvalue weighted by Crippen LogP contribution is -2.40. The van der Waals surface area contributed by atoms with E-state index in [0.29, 0.717) is 25.3 Å². The Morgan fingerprint density at radius 1 is 1.37 bits per heavy atom.